The highest BCUT2D eigenvalue weighted by Gasteiger charge is 2.28. The fraction of sp³-hybridized carbons (Fsp3) is 0.333. The summed E-state index contributed by atoms with van der Waals surface area (Å²) in [7, 11) is 0. The van der Waals surface area contributed by atoms with E-state index in [4.69, 9.17) is 4.42 Å². The minimum Gasteiger partial charge on any atom is -0.423 e. The molecule has 0 saturated carbocycles. The first kappa shape index (κ1) is 16.6. The van der Waals surface area contributed by atoms with Crippen molar-refractivity contribution in [3.05, 3.63) is 59.2 Å². The molecule has 0 bridgehead atoms. The van der Waals surface area contributed by atoms with Crippen LogP contribution in [0.1, 0.15) is 34.3 Å². The Morgan fingerprint density at radius 1 is 1.23 bits per heavy atom. The van der Waals surface area contributed by atoms with Crippen LogP contribution in [-0.4, -0.2) is 30.0 Å². The van der Waals surface area contributed by atoms with E-state index in [1.54, 1.807) is 0 Å². The van der Waals surface area contributed by atoms with Gasteiger partial charge in [0.15, 0.2) is 5.58 Å². The summed E-state index contributed by atoms with van der Waals surface area (Å²) in [5.74, 6) is -0.0267. The number of hydrogen-bond acceptors (Lipinski definition) is 4. The molecular weight excluding hydrogens is 326 g/mol. The number of amides is 1. The number of carbonyl (C=O) groups is 1. The average molecular weight is 349 g/mol. The molecule has 134 valence electrons. The summed E-state index contributed by atoms with van der Waals surface area (Å²) in [6.45, 7) is 5.51. The minimum atomic E-state index is -0.0267. The fourth-order valence-electron chi connectivity index (χ4n) is 3.70. The van der Waals surface area contributed by atoms with Gasteiger partial charge in [0.05, 0.1) is 6.04 Å². The number of aryl methyl sites for hydroxylation is 2. The fourth-order valence-corrected chi connectivity index (χ4v) is 3.70. The Morgan fingerprint density at radius 3 is 2.77 bits per heavy atom. The van der Waals surface area contributed by atoms with Gasteiger partial charge in [-0.1, -0.05) is 29.3 Å². The molecule has 3 aromatic rings. The second kappa shape index (κ2) is 6.83. The number of rotatable bonds is 4. The van der Waals surface area contributed by atoms with Crippen molar-refractivity contribution in [3.63, 3.8) is 0 Å². The van der Waals surface area contributed by atoms with E-state index in [2.05, 4.69) is 21.3 Å². The second-order valence-electron chi connectivity index (χ2n) is 7.04. The summed E-state index contributed by atoms with van der Waals surface area (Å²) in [6.07, 6.45) is 2.09. The Morgan fingerprint density at radius 2 is 2.00 bits per heavy atom. The van der Waals surface area contributed by atoms with E-state index in [-0.39, 0.29) is 11.9 Å². The zero-order chi connectivity index (χ0) is 18.1. The molecule has 1 aliphatic rings. The van der Waals surface area contributed by atoms with Crippen LogP contribution in [0.15, 0.2) is 46.9 Å². The Labute approximate surface area is 153 Å². The van der Waals surface area contributed by atoms with E-state index in [1.807, 2.05) is 50.2 Å². The van der Waals surface area contributed by atoms with Gasteiger partial charge in [0.25, 0.3) is 11.9 Å². The van der Waals surface area contributed by atoms with E-state index < -0.39 is 0 Å². The molecule has 26 heavy (non-hydrogen) atoms. The number of carbonyl (C=O) groups excluding carboxylic acids is 1. The number of nitrogens with zero attached hydrogens (tertiary/aromatic N) is 2. The maximum atomic E-state index is 12.5. The van der Waals surface area contributed by atoms with Gasteiger partial charge in [-0.3, -0.25) is 4.79 Å². The Bertz CT molecular complexity index is 894. The summed E-state index contributed by atoms with van der Waals surface area (Å²) in [4.78, 5) is 19.3. The van der Waals surface area contributed by atoms with Gasteiger partial charge in [-0.25, -0.2) is 0 Å². The molecule has 1 unspecified atom stereocenters. The zero-order valence-corrected chi connectivity index (χ0v) is 15.2. The van der Waals surface area contributed by atoms with E-state index in [1.165, 1.54) is 0 Å². The van der Waals surface area contributed by atoms with Crippen molar-refractivity contribution < 1.29 is 9.21 Å². The third-order valence-corrected chi connectivity index (χ3v) is 4.89. The monoisotopic (exact) mass is 349 g/mol. The van der Waals surface area contributed by atoms with E-state index in [0.717, 1.165) is 41.6 Å². The van der Waals surface area contributed by atoms with Crippen molar-refractivity contribution in [2.45, 2.75) is 32.7 Å². The van der Waals surface area contributed by atoms with Crippen LogP contribution in [0.5, 0.6) is 0 Å². The Hall–Kier alpha value is -2.82. The quantitative estimate of drug-likeness (QED) is 0.777. The zero-order valence-electron chi connectivity index (χ0n) is 15.2. The van der Waals surface area contributed by atoms with Gasteiger partial charge in [-0.15, -0.1) is 0 Å². The van der Waals surface area contributed by atoms with Crippen molar-refractivity contribution in [2.24, 2.45) is 0 Å². The number of aromatic nitrogens is 1. The van der Waals surface area contributed by atoms with Crippen LogP contribution in [0.2, 0.25) is 0 Å². The maximum Gasteiger partial charge on any atom is 0.298 e. The molecule has 1 saturated heterocycles. The molecule has 5 nitrogen and oxygen atoms in total. The molecule has 1 aromatic heterocycles. The summed E-state index contributed by atoms with van der Waals surface area (Å²) >= 11 is 0. The van der Waals surface area contributed by atoms with E-state index in [0.29, 0.717) is 18.1 Å². The van der Waals surface area contributed by atoms with Crippen molar-refractivity contribution in [1.82, 2.24) is 10.3 Å². The van der Waals surface area contributed by atoms with Crippen LogP contribution >= 0.6 is 0 Å². The topological polar surface area (TPSA) is 58.4 Å². The third-order valence-electron chi connectivity index (χ3n) is 4.89. The summed E-state index contributed by atoms with van der Waals surface area (Å²) < 4.78 is 5.91. The van der Waals surface area contributed by atoms with Crippen molar-refractivity contribution in [3.8, 4) is 0 Å². The number of benzene rings is 2. The lowest BCUT2D eigenvalue weighted by Gasteiger charge is -2.23. The molecule has 1 amide bonds. The molecular formula is C21H23N3O2. The first-order valence-electron chi connectivity index (χ1n) is 9.09. The van der Waals surface area contributed by atoms with Gasteiger partial charge in [0, 0.05) is 18.7 Å². The molecule has 1 atom stereocenters. The SMILES string of the molecule is Cc1cc(C)cc(C(=O)NCC2CCCN2c2nc3ccccc3o2)c1. The van der Waals surface area contributed by atoms with Gasteiger partial charge in [0.2, 0.25) is 0 Å². The van der Waals surface area contributed by atoms with E-state index >= 15 is 0 Å². The molecule has 0 aliphatic carbocycles. The van der Waals surface area contributed by atoms with Gasteiger partial charge in [-0.05, 0) is 51.0 Å². The van der Waals surface area contributed by atoms with Crippen molar-refractivity contribution in [1.29, 1.82) is 0 Å². The van der Waals surface area contributed by atoms with Gasteiger partial charge < -0.3 is 14.6 Å². The van der Waals surface area contributed by atoms with Crippen LogP contribution in [0, 0.1) is 13.8 Å². The van der Waals surface area contributed by atoms with Crippen LogP contribution in [0.25, 0.3) is 11.1 Å². The first-order chi connectivity index (χ1) is 12.6. The highest BCUT2D eigenvalue weighted by atomic mass is 16.4. The standard InChI is InChI=1S/C21H23N3O2/c1-14-10-15(2)12-16(11-14)20(25)22-13-17-6-5-9-24(17)21-23-18-7-3-4-8-19(18)26-21/h3-4,7-8,10-12,17H,5-6,9,13H2,1-2H3,(H,22,25). The van der Waals surface area contributed by atoms with Gasteiger partial charge in [0.1, 0.15) is 5.52 Å². The largest absolute Gasteiger partial charge is 0.423 e. The number of oxazole rings is 1. The maximum absolute atomic E-state index is 12.5. The summed E-state index contributed by atoms with van der Waals surface area (Å²) in [5, 5.41) is 3.08. The van der Waals surface area contributed by atoms with Crippen molar-refractivity contribution in [2.75, 3.05) is 18.0 Å². The predicted molar refractivity (Wildman–Crippen MR) is 103 cm³/mol. The molecule has 4 rings (SSSR count). The van der Waals surface area contributed by atoms with Crippen LogP contribution in [0.4, 0.5) is 6.01 Å². The smallest absolute Gasteiger partial charge is 0.298 e. The Kier molecular flexibility index (Phi) is 4.37. The lowest BCUT2D eigenvalue weighted by Crippen LogP contribution is -2.40. The van der Waals surface area contributed by atoms with E-state index in [9.17, 15) is 4.79 Å². The number of anilines is 1. The molecule has 1 N–H and O–H groups in total. The molecule has 0 radical (unpaired) electrons. The second-order valence-corrected chi connectivity index (χ2v) is 7.04. The van der Waals surface area contributed by atoms with Crippen LogP contribution in [0.3, 0.4) is 0 Å². The summed E-state index contributed by atoms with van der Waals surface area (Å²) in [6, 6.07) is 14.6. The minimum absolute atomic E-state index is 0.0267. The molecule has 2 heterocycles. The number of fused-ring (bicyclic) bond motifs is 1. The number of hydrogen-bond donors (Lipinski definition) is 1. The molecule has 5 heteroatoms. The lowest BCUT2D eigenvalue weighted by molar-refractivity contribution is 0.0951. The highest BCUT2D eigenvalue weighted by molar-refractivity contribution is 5.94. The average Bonchev–Trinajstić information content (AvgIpc) is 3.24. The third kappa shape index (κ3) is 3.29. The lowest BCUT2D eigenvalue weighted by atomic mass is 10.1. The molecule has 2 aromatic carbocycles. The molecule has 1 fully saturated rings. The first-order valence-corrected chi connectivity index (χ1v) is 9.09. The van der Waals surface area contributed by atoms with Gasteiger partial charge in [-0.2, -0.15) is 4.98 Å². The Balaban J connectivity index is 1.46. The van der Waals surface area contributed by atoms with Crippen LogP contribution in [-0.2, 0) is 0 Å². The highest BCUT2D eigenvalue weighted by Crippen LogP contribution is 2.28. The van der Waals surface area contributed by atoms with Crippen LogP contribution < -0.4 is 10.2 Å². The summed E-state index contributed by atoms with van der Waals surface area (Å²) in [5.41, 5.74) is 4.59. The molecule has 0 spiro atoms. The van der Waals surface area contributed by atoms with Crippen molar-refractivity contribution >= 4 is 23.0 Å². The van der Waals surface area contributed by atoms with Gasteiger partial charge >= 0.3 is 0 Å². The number of nitrogens with one attached hydrogen (secondary N) is 1. The predicted octanol–water partition coefficient (Wildman–Crippen LogP) is 3.84. The number of para-hydroxylation sites is 2. The normalized spacial score (nSPS) is 17.0. The molecule has 1 aliphatic heterocycles.